The van der Waals surface area contributed by atoms with Crippen LogP contribution in [0.4, 0.5) is 15.9 Å². The normalized spacial score (nSPS) is 18.6. The lowest BCUT2D eigenvalue weighted by molar-refractivity contribution is -0.131. The molecule has 9 nitrogen and oxygen atoms in total. The Hall–Kier alpha value is -2.74. The van der Waals surface area contributed by atoms with Crippen LogP contribution in [0.2, 0.25) is 0 Å². The number of likely N-dealkylation sites (N-methyl/N-ethyl adjacent to an activating group) is 1. The number of pyridine rings is 1. The number of nitrogens with two attached hydrogens (primary N) is 1. The van der Waals surface area contributed by atoms with Crippen molar-refractivity contribution in [3.05, 3.63) is 63.1 Å². The van der Waals surface area contributed by atoms with Gasteiger partial charge in [0.05, 0.1) is 17.4 Å². The number of nitrogens with one attached hydrogen (secondary N) is 2. The van der Waals surface area contributed by atoms with Crippen molar-refractivity contribution in [2.24, 2.45) is 11.7 Å². The quantitative estimate of drug-likeness (QED) is 0.405. The van der Waals surface area contributed by atoms with Gasteiger partial charge >= 0.3 is 0 Å². The molecule has 0 saturated carbocycles. The molecule has 176 valence electrons. The Bertz CT molecular complexity index is 1220. The van der Waals surface area contributed by atoms with Crippen molar-refractivity contribution in [1.29, 1.82) is 0 Å². The van der Waals surface area contributed by atoms with E-state index >= 15 is 0 Å². The first-order valence-corrected chi connectivity index (χ1v) is 12.7. The largest absolute Gasteiger partial charge is 0.369 e. The second-order valence-corrected chi connectivity index (χ2v) is 10.7. The van der Waals surface area contributed by atoms with Crippen molar-refractivity contribution in [3.63, 3.8) is 0 Å². The number of rotatable bonds is 8. The fourth-order valence-electron chi connectivity index (χ4n) is 3.39. The van der Waals surface area contributed by atoms with E-state index in [0.29, 0.717) is 14.7 Å². The fraction of sp³-hybridized carbons (Fsp3) is 0.286. The number of sulfonamides is 1. The third kappa shape index (κ3) is 5.99. The highest BCUT2D eigenvalue weighted by Gasteiger charge is 2.37. The van der Waals surface area contributed by atoms with Crippen LogP contribution in [-0.4, -0.2) is 49.1 Å². The highest BCUT2D eigenvalue weighted by molar-refractivity contribution is 14.1. The SMILES string of the molecule is CCS(=O)(=O)Nc1cc(CC2=CC(C(N)=O)C(Nc3ccc(I)cc3F)N(C)C2=O)ccn1. The standard InChI is InChI=1S/C21H23FIN5O4S/c1-3-33(31,32)27-18-9-12(6-7-25-18)8-13-10-15(19(24)29)20(28(2)21(13)30)26-17-5-4-14(23)11-16(17)22/h4-7,9-11,15,20,26H,3,8H2,1-2H3,(H2,24,29)(H,25,27). The molecule has 4 N–H and O–H groups in total. The predicted octanol–water partition coefficient (Wildman–Crippen LogP) is 2.07. The van der Waals surface area contributed by atoms with Crippen molar-refractivity contribution < 1.29 is 22.4 Å². The monoisotopic (exact) mass is 587 g/mol. The van der Waals surface area contributed by atoms with Crippen LogP contribution in [0, 0.1) is 15.3 Å². The van der Waals surface area contributed by atoms with Crippen molar-refractivity contribution in [2.45, 2.75) is 19.5 Å². The summed E-state index contributed by atoms with van der Waals surface area (Å²) in [5, 5.41) is 2.91. The van der Waals surface area contributed by atoms with E-state index in [1.54, 1.807) is 12.1 Å². The highest BCUT2D eigenvalue weighted by atomic mass is 127. The van der Waals surface area contributed by atoms with Gasteiger partial charge in [-0.3, -0.25) is 14.3 Å². The summed E-state index contributed by atoms with van der Waals surface area (Å²) in [4.78, 5) is 30.5. The minimum Gasteiger partial charge on any atom is -0.369 e. The van der Waals surface area contributed by atoms with Crippen LogP contribution in [0.15, 0.2) is 48.2 Å². The maximum atomic E-state index is 14.3. The summed E-state index contributed by atoms with van der Waals surface area (Å²) < 4.78 is 41.0. The number of aromatic nitrogens is 1. The average Bonchev–Trinajstić information content (AvgIpc) is 2.74. The molecule has 1 aromatic carbocycles. The number of halogens is 2. The van der Waals surface area contributed by atoms with Gasteiger partial charge < -0.3 is 16.0 Å². The average molecular weight is 587 g/mol. The van der Waals surface area contributed by atoms with Gasteiger partial charge in [0.2, 0.25) is 15.9 Å². The molecule has 0 bridgehead atoms. The van der Waals surface area contributed by atoms with E-state index in [1.807, 2.05) is 22.6 Å². The smallest absolute Gasteiger partial charge is 0.251 e. The van der Waals surface area contributed by atoms with E-state index in [-0.39, 0.29) is 29.6 Å². The summed E-state index contributed by atoms with van der Waals surface area (Å²) in [6.45, 7) is 1.50. The number of nitrogens with zero attached hydrogens (tertiary/aromatic N) is 2. The van der Waals surface area contributed by atoms with Crippen molar-refractivity contribution in [1.82, 2.24) is 9.88 Å². The molecule has 3 rings (SSSR count). The van der Waals surface area contributed by atoms with Crippen LogP contribution in [-0.2, 0) is 26.0 Å². The molecule has 0 saturated heterocycles. The van der Waals surface area contributed by atoms with Gasteiger partial charge in [-0.05, 0) is 65.4 Å². The first-order chi connectivity index (χ1) is 15.5. The number of hydrogen-bond donors (Lipinski definition) is 3. The van der Waals surface area contributed by atoms with E-state index in [9.17, 15) is 22.4 Å². The van der Waals surface area contributed by atoms with E-state index in [2.05, 4.69) is 15.0 Å². The number of amides is 2. The maximum absolute atomic E-state index is 14.3. The van der Waals surface area contributed by atoms with Gasteiger partial charge in [-0.1, -0.05) is 6.08 Å². The zero-order valence-corrected chi connectivity index (χ0v) is 20.9. The number of benzene rings is 1. The molecule has 1 aromatic heterocycles. The second-order valence-electron chi connectivity index (χ2n) is 7.48. The van der Waals surface area contributed by atoms with Crippen LogP contribution >= 0.6 is 22.6 Å². The Kier molecular flexibility index (Phi) is 7.57. The molecule has 0 spiro atoms. The molecule has 33 heavy (non-hydrogen) atoms. The summed E-state index contributed by atoms with van der Waals surface area (Å²) in [6, 6.07) is 7.73. The molecule has 12 heteroatoms. The Morgan fingerprint density at radius 2 is 2.03 bits per heavy atom. The van der Waals surface area contributed by atoms with E-state index in [1.165, 1.54) is 49.3 Å². The van der Waals surface area contributed by atoms with Gasteiger partial charge in [0.1, 0.15) is 17.8 Å². The molecule has 2 atom stereocenters. The van der Waals surface area contributed by atoms with E-state index in [0.717, 1.165) is 0 Å². The molecule has 2 aromatic rings. The molecular weight excluding hydrogens is 564 g/mol. The Labute approximate surface area is 204 Å². The molecule has 1 aliphatic rings. The summed E-state index contributed by atoms with van der Waals surface area (Å²) in [7, 11) is -2.01. The first kappa shape index (κ1) is 24.9. The molecule has 0 radical (unpaired) electrons. The van der Waals surface area contributed by atoms with Gasteiger partial charge in [-0.15, -0.1) is 0 Å². The van der Waals surface area contributed by atoms with Crippen LogP contribution in [0.1, 0.15) is 12.5 Å². The van der Waals surface area contributed by atoms with Crippen LogP contribution in [0.3, 0.4) is 0 Å². The molecule has 0 fully saturated rings. The number of hydrogen-bond acceptors (Lipinski definition) is 6. The Balaban J connectivity index is 1.88. The Morgan fingerprint density at radius 1 is 1.30 bits per heavy atom. The highest BCUT2D eigenvalue weighted by Crippen LogP contribution is 2.28. The van der Waals surface area contributed by atoms with Crippen molar-refractivity contribution >= 4 is 55.9 Å². The molecule has 2 unspecified atom stereocenters. The van der Waals surface area contributed by atoms with Gasteiger partial charge in [-0.25, -0.2) is 17.8 Å². The summed E-state index contributed by atoms with van der Waals surface area (Å²) >= 11 is 1.98. The number of carbonyl (C=O) groups excluding carboxylic acids is 2. The predicted molar refractivity (Wildman–Crippen MR) is 131 cm³/mol. The summed E-state index contributed by atoms with van der Waals surface area (Å²) in [6.07, 6.45) is 2.15. The van der Waals surface area contributed by atoms with Crippen LogP contribution in [0.5, 0.6) is 0 Å². The van der Waals surface area contributed by atoms with Crippen LogP contribution in [0.25, 0.3) is 0 Å². The molecular formula is C21H23FIN5O4S. The fourth-order valence-corrected chi connectivity index (χ4v) is 4.42. The van der Waals surface area contributed by atoms with Gasteiger partial charge in [0.25, 0.3) is 5.91 Å². The number of anilines is 2. The van der Waals surface area contributed by atoms with Gasteiger partial charge in [0, 0.05) is 28.8 Å². The minimum absolute atomic E-state index is 0.108. The lowest BCUT2D eigenvalue weighted by Crippen LogP contribution is -2.53. The lowest BCUT2D eigenvalue weighted by Gasteiger charge is -2.37. The summed E-state index contributed by atoms with van der Waals surface area (Å²) in [5.41, 5.74) is 6.67. The molecule has 0 aliphatic carbocycles. The molecule has 2 heterocycles. The van der Waals surface area contributed by atoms with Gasteiger partial charge in [0.15, 0.2) is 0 Å². The second kappa shape index (κ2) is 10.0. The topological polar surface area (TPSA) is 134 Å². The number of primary amides is 1. The lowest BCUT2D eigenvalue weighted by atomic mass is 9.91. The number of carbonyl (C=O) groups is 2. The van der Waals surface area contributed by atoms with Crippen molar-refractivity contribution in [3.8, 4) is 0 Å². The summed E-state index contributed by atoms with van der Waals surface area (Å²) in [5.74, 6) is -2.46. The van der Waals surface area contributed by atoms with Crippen LogP contribution < -0.4 is 15.8 Å². The zero-order valence-electron chi connectivity index (χ0n) is 17.9. The Morgan fingerprint density at radius 3 is 2.67 bits per heavy atom. The first-order valence-electron chi connectivity index (χ1n) is 9.95. The minimum atomic E-state index is -3.51. The van der Waals surface area contributed by atoms with E-state index < -0.39 is 33.8 Å². The zero-order chi connectivity index (χ0) is 24.3. The van der Waals surface area contributed by atoms with Gasteiger partial charge in [-0.2, -0.15) is 0 Å². The molecule has 1 aliphatic heterocycles. The third-order valence-corrected chi connectivity index (χ3v) is 7.11. The maximum Gasteiger partial charge on any atom is 0.251 e. The van der Waals surface area contributed by atoms with E-state index in [4.69, 9.17) is 5.73 Å². The van der Waals surface area contributed by atoms with Crippen molar-refractivity contribution in [2.75, 3.05) is 22.8 Å². The third-order valence-electron chi connectivity index (χ3n) is 5.16. The molecule has 2 amide bonds.